The van der Waals surface area contributed by atoms with E-state index in [0.717, 1.165) is 35.9 Å². The summed E-state index contributed by atoms with van der Waals surface area (Å²) < 4.78 is 42.1. The molecule has 0 bridgehead atoms. The lowest BCUT2D eigenvalue weighted by molar-refractivity contribution is 0.584. The van der Waals surface area contributed by atoms with E-state index < -0.39 is 22.5 Å². The highest BCUT2D eigenvalue weighted by Crippen LogP contribution is 2.32. The first kappa shape index (κ1) is 16.6. The van der Waals surface area contributed by atoms with Crippen LogP contribution in [0.1, 0.15) is 12.0 Å². The topological polar surface area (TPSA) is 0 Å². The van der Waals surface area contributed by atoms with Gasteiger partial charge in [-0.15, -0.1) is 6.58 Å². The largest absolute Gasteiger partial charge is 0.206 e. The summed E-state index contributed by atoms with van der Waals surface area (Å²) in [7, 11) is 0. The van der Waals surface area contributed by atoms with Gasteiger partial charge in [-0.1, -0.05) is 48.0 Å². The highest BCUT2D eigenvalue weighted by molar-refractivity contribution is 6.31. The molecule has 122 valence electrons. The molecule has 0 fully saturated rings. The molecule has 0 heterocycles. The predicted octanol–water partition coefficient (Wildman–Crippen LogP) is 6.70. The van der Waals surface area contributed by atoms with E-state index in [0.29, 0.717) is 5.39 Å². The molecule has 4 heteroatoms. The Hall–Kier alpha value is -2.26. The Bertz CT molecular complexity index is 909. The molecule has 0 saturated heterocycles. The van der Waals surface area contributed by atoms with Crippen LogP contribution in [0, 0.1) is 17.5 Å². The number of hydrogen-bond acceptors (Lipinski definition) is 0. The summed E-state index contributed by atoms with van der Waals surface area (Å²) in [6, 6.07) is 10.8. The summed E-state index contributed by atoms with van der Waals surface area (Å²) in [6.07, 6.45) is 3.50. The summed E-state index contributed by atoms with van der Waals surface area (Å²) in [5, 5.41) is 0.560. The van der Waals surface area contributed by atoms with Crippen molar-refractivity contribution in [2.24, 2.45) is 0 Å². The molecule has 3 aromatic carbocycles. The Labute approximate surface area is 143 Å². The Morgan fingerprint density at radius 2 is 1.67 bits per heavy atom. The van der Waals surface area contributed by atoms with Crippen molar-refractivity contribution in [1.29, 1.82) is 0 Å². The van der Waals surface area contributed by atoms with Crippen molar-refractivity contribution >= 4 is 22.4 Å². The van der Waals surface area contributed by atoms with Crippen LogP contribution < -0.4 is 0 Å². The maximum Gasteiger partial charge on any atom is 0.145 e. The van der Waals surface area contributed by atoms with Gasteiger partial charge in [0, 0.05) is 10.9 Å². The van der Waals surface area contributed by atoms with Crippen LogP contribution in [0.5, 0.6) is 0 Å². The van der Waals surface area contributed by atoms with Gasteiger partial charge in [-0.05, 0) is 41.5 Å². The zero-order chi connectivity index (χ0) is 17.3. The Morgan fingerprint density at radius 1 is 0.958 bits per heavy atom. The summed E-state index contributed by atoms with van der Waals surface area (Å²) in [4.78, 5) is 0. The third-order valence-electron chi connectivity index (χ3n) is 3.95. The van der Waals surface area contributed by atoms with Gasteiger partial charge in [-0.3, -0.25) is 0 Å². The first-order valence-electron chi connectivity index (χ1n) is 7.48. The van der Waals surface area contributed by atoms with Crippen LogP contribution in [0.3, 0.4) is 0 Å². The molecule has 0 aliphatic heterocycles. The number of allylic oxidation sites excluding steroid dienone is 1. The summed E-state index contributed by atoms with van der Waals surface area (Å²) in [5.41, 5.74) is 1.33. The zero-order valence-corrected chi connectivity index (χ0v) is 13.5. The molecule has 3 aromatic rings. The van der Waals surface area contributed by atoms with Gasteiger partial charge in [0.2, 0.25) is 0 Å². The summed E-state index contributed by atoms with van der Waals surface area (Å²) in [5.74, 6) is -2.33. The minimum atomic E-state index is -0.911. The van der Waals surface area contributed by atoms with Crippen LogP contribution in [-0.4, -0.2) is 0 Å². The molecule has 0 nitrogen and oxygen atoms in total. The van der Waals surface area contributed by atoms with Crippen LogP contribution in [0.4, 0.5) is 13.2 Å². The Kier molecular flexibility index (Phi) is 4.63. The monoisotopic (exact) mass is 346 g/mol. The molecule has 0 radical (unpaired) electrons. The fourth-order valence-corrected chi connectivity index (χ4v) is 2.81. The van der Waals surface area contributed by atoms with Gasteiger partial charge in [0.15, 0.2) is 0 Å². The lowest BCUT2D eigenvalue weighted by atomic mass is 9.98. The van der Waals surface area contributed by atoms with Gasteiger partial charge in [0.1, 0.15) is 22.5 Å². The number of aryl methyl sites for hydroxylation is 1. The molecule has 0 saturated carbocycles. The molecule has 0 N–H and O–H groups in total. The van der Waals surface area contributed by atoms with Crippen molar-refractivity contribution < 1.29 is 13.2 Å². The molecule has 0 amide bonds. The molecule has 0 aliphatic carbocycles. The number of benzene rings is 3. The predicted molar refractivity (Wildman–Crippen MR) is 92.8 cm³/mol. The Balaban J connectivity index is 2.10. The second-order valence-electron chi connectivity index (χ2n) is 5.56. The van der Waals surface area contributed by atoms with Gasteiger partial charge in [0.05, 0.1) is 0 Å². The van der Waals surface area contributed by atoms with Gasteiger partial charge in [-0.25, -0.2) is 13.2 Å². The average Bonchev–Trinajstić information content (AvgIpc) is 2.57. The third kappa shape index (κ3) is 3.04. The van der Waals surface area contributed by atoms with E-state index in [4.69, 9.17) is 11.6 Å². The normalized spacial score (nSPS) is 11.0. The minimum absolute atomic E-state index is 0.115. The molecule has 3 rings (SSSR count). The number of rotatable bonds is 4. The van der Waals surface area contributed by atoms with E-state index in [-0.39, 0.29) is 11.1 Å². The second kappa shape index (κ2) is 6.70. The van der Waals surface area contributed by atoms with E-state index >= 15 is 0 Å². The van der Waals surface area contributed by atoms with Crippen molar-refractivity contribution in [3.63, 3.8) is 0 Å². The minimum Gasteiger partial charge on any atom is -0.206 e. The van der Waals surface area contributed by atoms with Crippen LogP contribution in [0.2, 0.25) is 5.02 Å². The number of fused-ring (bicyclic) bond motifs is 1. The van der Waals surface area contributed by atoms with E-state index in [2.05, 4.69) is 6.58 Å². The van der Waals surface area contributed by atoms with Crippen molar-refractivity contribution in [3.05, 3.63) is 83.2 Å². The first-order chi connectivity index (χ1) is 11.5. The van der Waals surface area contributed by atoms with E-state index in [9.17, 15) is 13.2 Å². The quantitative estimate of drug-likeness (QED) is 0.364. The van der Waals surface area contributed by atoms with Gasteiger partial charge in [-0.2, -0.15) is 0 Å². The molecule has 24 heavy (non-hydrogen) atoms. The van der Waals surface area contributed by atoms with E-state index in [1.165, 1.54) is 6.07 Å². The molecule has 0 atom stereocenters. The zero-order valence-electron chi connectivity index (χ0n) is 12.8. The van der Waals surface area contributed by atoms with Crippen LogP contribution >= 0.6 is 11.6 Å². The average molecular weight is 347 g/mol. The lowest BCUT2D eigenvalue weighted by Crippen LogP contribution is -1.92. The molecule has 0 unspecified atom stereocenters. The molecule has 0 aliphatic rings. The first-order valence-corrected chi connectivity index (χ1v) is 7.86. The highest BCUT2D eigenvalue weighted by atomic mass is 35.5. The van der Waals surface area contributed by atoms with Gasteiger partial charge in [0.25, 0.3) is 0 Å². The molecule has 0 aromatic heterocycles. The maximum absolute atomic E-state index is 14.8. The van der Waals surface area contributed by atoms with E-state index in [1.54, 1.807) is 12.1 Å². The highest BCUT2D eigenvalue weighted by Gasteiger charge is 2.14. The van der Waals surface area contributed by atoms with Crippen molar-refractivity contribution in [3.8, 4) is 11.1 Å². The standard InChI is InChI=1S/C20H14ClF3/c1-2-3-4-12-5-7-15-13(9-12)6-8-16(20(15)24)14-10-17(22)19(21)18(23)11-14/h2,5-11H,1,3-4H2. The number of hydrogen-bond donors (Lipinski definition) is 0. The van der Waals surface area contributed by atoms with Crippen LogP contribution in [0.15, 0.2) is 55.1 Å². The van der Waals surface area contributed by atoms with E-state index in [1.807, 2.05) is 18.2 Å². The fourth-order valence-electron chi connectivity index (χ4n) is 2.70. The van der Waals surface area contributed by atoms with Crippen LogP contribution in [-0.2, 0) is 6.42 Å². The van der Waals surface area contributed by atoms with Crippen molar-refractivity contribution in [2.75, 3.05) is 0 Å². The van der Waals surface area contributed by atoms with Gasteiger partial charge >= 0.3 is 0 Å². The molecular weight excluding hydrogens is 333 g/mol. The molecule has 0 spiro atoms. The summed E-state index contributed by atoms with van der Waals surface area (Å²) >= 11 is 5.48. The second-order valence-corrected chi connectivity index (χ2v) is 5.94. The lowest BCUT2D eigenvalue weighted by Gasteiger charge is -2.09. The maximum atomic E-state index is 14.8. The van der Waals surface area contributed by atoms with Crippen LogP contribution in [0.25, 0.3) is 21.9 Å². The summed E-state index contributed by atoms with van der Waals surface area (Å²) in [6.45, 7) is 3.69. The SMILES string of the molecule is C=CCCc1ccc2c(F)c(-c3cc(F)c(Cl)c(F)c3)ccc2c1. The fraction of sp³-hybridized carbons (Fsp3) is 0.100. The van der Waals surface area contributed by atoms with Crippen molar-refractivity contribution in [1.82, 2.24) is 0 Å². The smallest absolute Gasteiger partial charge is 0.145 e. The third-order valence-corrected chi connectivity index (χ3v) is 4.31. The number of halogens is 4. The Morgan fingerprint density at radius 3 is 2.33 bits per heavy atom. The van der Waals surface area contributed by atoms with Crippen molar-refractivity contribution in [2.45, 2.75) is 12.8 Å². The molecular formula is C20H14ClF3. The van der Waals surface area contributed by atoms with Gasteiger partial charge < -0.3 is 0 Å².